The van der Waals surface area contributed by atoms with E-state index < -0.39 is 0 Å². The lowest BCUT2D eigenvalue weighted by atomic mass is 10.1. The van der Waals surface area contributed by atoms with Crippen LogP contribution in [-0.4, -0.2) is 24.9 Å². The van der Waals surface area contributed by atoms with Gasteiger partial charge in [-0.25, -0.2) is 0 Å². The quantitative estimate of drug-likeness (QED) is 0.766. The normalized spacial score (nSPS) is 9.28. The van der Waals surface area contributed by atoms with Gasteiger partial charge in [0, 0.05) is 17.8 Å². The van der Waals surface area contributed by atoms with Gasteiger partial charge >= 0.3 is 0 Å². The van der Waals surface area contributed by atoms with Crippen LogP contribution in [0.3, 0.4) is 0 Å². The van der Waals surface area contributed by atoms with Gasteiger partial charge < -0.3 is 16.4 Å². The van der Waals surface area contributed by atoms with Crippen molar-refractivity contribution < 1.29 is 9.59 Å². The van der Waals surface area contributed by atoms with Gasteiger partial charge in [-0.05, 0) is 31.5 Å². The monoisotopic (exact) mass is 271 g/mol. The molecule has 0 aliphatic carbocycles. The number of hydrogen-bond donors (Lipinski definition) is 3. The number of aryl methyl sites for hydroxylation is 1. The number of carbonyl (C=O) groups is 2. The lowest BCUT2D eigenvalue weighted by Gasteiger charge is -2.09. The predicted molar refractivity (Wildman–Crippen MR) is 74.1 cm³/mol. The summed E-state index contributed by atoms with van der Waals surface area (Å²) in [5.41, 5.74) is 7.25. The van der Waals surface area contributed by atoms with E-state index in [1.54, 1.807) is 18.2 Å². The number of nitrogens with two attached hydrogens (primary N) is 1. The first kappa shape index (κ1) is 16.4. The van der Waals surface area contributed by atoms with Crippen LogP contribution in [0, 0.1) is 6.92 Å². The maximum absolute atomic E-state index is 11.6. The number of hydrogen-bond acceptors (Lipinski definition) is 3. The first-order valence-corrected chi connectivity index (χ1v) is 5.47. The molecule has 0 saturated heterocycles. The molecule has 0 bridgehead atoms. The number of anilines is 1. The Bertz CT molecular complexity index is 435. The summed E-state index contributed by atoms with van der Waals surface area (Å²) < 4.78 is 0. The number of nitrogens with one attached hydrogen (secondary N) is 2. The van der Waals surface area contributed by atoms with E-state index in [-0.39, 0.29) is 30.8 Å². The van der Waals surface area contributed by atoms with E-state index in [0.717, 1.165) is 5.56 Å². The smallest absolute Gasteiger partial charge is 0.251 e. The average molecular weight is 272 g/mol. The van der Waals surface area contributed by atoms with Gasteiger partial charge in [0.15, 0.2) is 0 Å². The van der Waals surface area contributed by atoms with Crippen LogP contribution in [-0.2, 0) is 4.79 Å². The van der Waals surface area contributed by atoms with Crippen LogP contribution in [0.15, 0.2) is 18.2 Å². The summed E-state index contributed by atoms with van der Waals surface area (Å²) in [6.07, 6.45) is 0. The Morgan fingerprint density at radius 2 is 2.00 bits per heavy atom. The Hall–Kier alpha value is -1.59. The fraction of sp³-hybridized carbons (Fsp3) is 0.333. The third-order valence-electron chi connectivity index (χ3n) is 2.30. The molecule has 0 aliphatic heterocycles. The molecule has 100 valence electrons. The number of rotatable bonds is 4. The van der Waals surface area contributed by atoms with E-state index in [2.05, 4.69) is 10.6 Å². The molecule has 0 heterocycles. The zero-order chi connectivity index (χ0) is 12.8. The van der Waals surface area contributed by atoms with Gasteiger partial charge in [-0.3, -0.25) is 9.59 Å². The van der Waals surface area contributed by atoms with Crippen LogP contribution in [0.25, 0.3) is 0 Å². The molecule has 0 aromatic heterocycles. The molecule has 6 heteroatoms. The number of carbonyl (C=O) groups excluding carboxylic acids is 2. The summed E-state index contributed by atoms with van der Waals surface area (Å²) in [6.45, 7) is 4.19. The van der Waals surface area contributed by atoms with E-state index in [9.17, 15) is 9.59 Å². The maximum Gasteiger partial charge on any atom is 0.251 e. The molecule has 2 amide bonds. The zero-order valence-electron chi connectivity index (χ0n) is 10.4. The maximum atomic E-state index is 11.6. The van der Waals surface area contributed by atoms with E-state index in [1.807, 2.05) is 13.8 Å². The van der Waals surface area contributed by atoms with E-state index >= 15 is 0 Å². The first-order valence-electron chi connectivity index (χ1n) is 5.47. The Labute approximate surface area is 113 Å². The largest absolute Gasteiger partial charge is 0.352 e. The average Bonchev–Trinajstić information content (AvgIpc) is 2.32. The van der Waals surface area contributed by atoms with E-state index in [0.29, 0.717) is 17.8 Å². The fourth-order valence-corrected chi connectivity index (χ4v) is 1.36. The molecule has 0 atom stereocenters. The number of halogens is 1. The fourth-order valence-electron chi connectivity index (χ4n) is 1.36. The third kappa shape index (κ3) is 4.35. The van der Waals surface area contributed by atoms with Crippen molar-refractivity contribution in [3.63, 3.8) is 0 Å². The summed E-state index contributed by atoms with van der Waals surface area (Å²) in [5, 5.41) is 5.35. The van der Waals surface area contributed by atoms with Crippen LogP contribution in [0.2, 0.25) is 0 Å². The molecule has 0 spiro atoms. The van der Waals surface area contributed by atoms with Gasteiger partial charge in [0.2, 0.25) is 5.91 Å². The standard InChI is InChI=1S/C12H17N3O2.ClH/c1-3-14-12(17)9-5-4-8(2)10(6-9)15-11(16)7-13;/h4-6H,3,7,13H2,1-2H3,(H,14,17)(H,15,16);1H. The SMILES string of the molecule is CCNC(=O)c1ccc(C)c(NC(=O)CN)c1.Cl. The molecular weight excluding hydrogens is 254 g/mol. The summed E-state index contributed by atoms with van der Waals surface area (Å²) >= 11 is 0. The van der Waals surface area contributed by atoms with Crippen LogP contribution in [0.1, 0.15) is 22.8 Å². The zero-order valence-corrected chi connectivity index (χ0v) is 11.3. The molecule has 0 radical (unpaired) electrons. The third-order valence-corrected chi connectivity index (χ3v) is 2.30. The van der Waals surface area contributed by atoms with Crippen molar-refractivity contribution in [1.29, 1.82) is 0 Å². The van der Waals surface area contributed by atoms with Gasteiger partial charge in [0.1, 0.15) is 0 Å². The molecule has 1 rings (SSSR count). The molecule has 1 aromatic rings. The number of benzene rings is 1. The second-order valence-corrected chi connectivity index (χ2v) is 3.64. The van der Waals surface area contributed by atoms with Crippen molar-refractivity contribution in [3.8, 4) is 0 Å². The van der Waals surface area contributed by atoms with Crippen LogP contribution in [0.5, 0.6) is 0 Å². The summed E-state index contributed by atoms with van der Waals surface area (Å²) in [4.78, 5) is 22.8. The van der Waals surface area contributed by atoms with Crippen molar-refractivity contribution >= 4 is 29.9 Å². The minimum Gasteiger partial charge on any atom is -0.352 e. The van der Waals surface area contributed by atoms with Crippen molar-refractivity contribution in [3.05, 3.63) is 29.3 Å². The Balaban J connectivity index is 0.00000289. The second-order valence-electron chi connectivity index (χ2n) is 3.64. The Morgan fingerprint density at radius 1 is 1.33 bits per heavy atom. The predicted octanol–water partition coefficient (Wildman–Crippen LogP) is 1.06. The molecular formula is C12H18ClN3O2. The highest BCUT2D eigenvalue weighted by Crippen LogP contribution is 2.16. The van der Waals surface area contributed by atoms with Crippen LogP contribution < -0.4 is 16.4 Å². The first-order chi connectivity index (χ1) is 8.08. The van der Waals surface area contributed by atoms with E-state index in [1.165, 1.54) is 0 Å². The molecule has 4 N–H and O–H groups in total. The van der Waals surface area contributed by atoms with Crippen molar-refractivity contribution in [1.82, 2.24) is 5.32 Å². The van der Waals surface area contributed by atoms with Crippen LogP contribution >= 0.6 is 12.4 Å². The Kier molecular flexibility index (Phi) is 7.00. The van der Waals surface area contributed by atoms with Gasteiger partial charge in [-0.2, -0.15) is 0 Å². The van der Waals surface area contributed by atoms with Gasteiger partial charge in [-0.15, -0.1) is 12.4 Å². The lowest BCUT2D eigenvalue weighted by Crippen LogP contribution is -2.24. The number of amides is 2. The minimum atomic E-state index is -0.277. The van der Waals surface area contributed by atoms with Gasteiger partial charge in [0.05, 0.1) is 6.54 Å². The molecule has 0 saturated carbocycles. The molecule has 1 aromatic carbocycles. The highest BCUT2D eigenvalue weighted by atomic mass is 35.5. The summed E-state index contributed by atoms with van der Waals surface area (Å²) in [7, 11) is 0. The van der Waals surface area contributed by atoms with Crippen molar-refractivity contribution in [2.75, 3.05) is 18.4 Å². The molecule has 5 nitrogen and oxygen atoms in total. The second kappa shape index (κ2) is 7.68. The minimum absolute atomic E-state index is 0. The van der Waals surface area contributed by atoms with Gasteiger partial charge in [-0.1, -0.05) is 6.07 Å². The molecule has 0 fully saturated rings. The van der Waals surface area contributed by atoms with E-state index in [4.69, 9.17) is 5.73 Å². The van der Waals surface area contributed by atoms with Gasteiger partial charge in [0.25, 0.3) is 5.91 Å². The lowest BCUT2D eigenvalue weighted by molar-refractivity contribution is -0.114. The summed E-state index contributed by atoms with van der Waals surface area (Å²) in [6, 6.07) is 5.16. The molecule has 0 aliphatic rings. The topological polar surface area (TPSA) is 84.2 Å². The molecule has 18 heavy (non-hydrogen) atoms. The van der Waals surface area contributed by atoms with Crippen molar-refractivity contribution in [2.24, 2.45) is 5.73 Å². The molecule has 0 unspecified atom stereocenters. The Morgan fingerprint density at radius 3 is 2.56 bits per heavy atom. The summed E-state index contributed by atoms with van der Waals surface area (Å²) in [5.74, 6) is -0.433. The van der Waals surface area contributed by atoms with Crippen LogP contribution in [0.4, 0.5) is 5.69 Å². The highest BCUT2D eigenvalue weighted by Gasteiger charge is 2.08. The van der Waals surface area contributed by atoms with Crippen molar-refractivity contribution in [2.45, 2.75) is 13.8 Å². The highest BCUT2D eigenvalue weighted by molar-refractivity contribution is 5.98.